The van der Waals surface area contributed by atoms with Crippen molar-refractivity contribution in [1.29, 1.82) is 0 Å². The van der Waals surface area contributed by atoms with Crippen molar-refractivity contribution in [2.75, 3.05) is 11.9 Å². The Hall–Kier alpha value is -1.69. The van der Waals surface area contributed by atoms with Gasteiger partial charge in [0.2, 0.25) is 5.91 Å². The van der Waals surface area contributed by atoms with Crippen LogP contribution in [0.5, 0.6) is 0 Å². The Kier molecular flexibility index (Phi) is 3.53. The molecule has 1 saturated carbocycles. The van der Waals surface area contributed by atoms with Crippen LogP contribution in [0.1, 0.15) is 23.2 Å². The first-order valence-electron chi connectivity index (χ1n) is 5.19. The summed E-state index contributed by atoms with van der Waals surface area (Å²) < 4.78 is 0. The van der Waals surface area contributed by atoms with Crippen LogP contribution < -0.4 is 10.6 Å². The van der Waals surface area contributed by atoms with E-state index in [0.29, 0.717) is 12.3 Å². The molecule has 0 aliphatic heterocycles. The SMILES string of the molecule is O=Cc1c(Cl)ncnc1NCC(=O)NC1CC1. The highest BCUT2D eigenvalue weighted by molar-refractivity contribution is 6.32. The maximum Gasteiger partial charge on any atom is 0.239 e. The summed E-state index contributed by atoms with van der Waals surface area (Å²) in [4.78, 5) is 29.7. The number of nitrogens with zero attached hydrogens (tertiary/aromatic N) is 2. The number of anilines is 1. The van der Waals surface area contributed by atoms with E-state index < -0.39 is 0 Å². The van der Waals surface area contributed by atoms with Crippen LogP contribution >= 0.6 is 11.6 Å². The maximum atomic E-state index is 11.4. The zero-order valence-electron chi connectivity index (χ0n) is 8.94. The van der Waals surface area contributed by atoms with Gasteiger partial charge in [0, 0.05) is 6.04 Å². The van der Waals surface area contributed by atoms with Crippen LogP contribution in [-0.2, 0) is 4.79 Å². The average Bonchev–Trinajstić information content (AvgIpc) is 3.10. The summed E-state index contributed by atoms with van der Waals surface area (Å²) in [6, 6.07) is 0.309. The van der Waals surface area contributed by atoms with Crippen LogP contribution in [0, 0.1) is 0 Å². The first kappa shape index (κ1) is 11.8. The topological polar surface area (TPSA) is 84.0 Å². The van der Waals surface area contributed by atoms with Crippen molar-refractivity contribution in [1.82, 2.24) is 15.3 Å². The van der Waals surface area contributed by atoms with Crippen LogP contribution in [0.15, 0.2) is 6.33 Å². The highest BCUT2D eigenvalue weighted by Gasteiger charge is 2.23. The number of aromatic nitrogens is 2. The van der Waals surface area contributed by atoms with E-state index in [9.17, 15) is 9.59 Å². The first-order valence-corrected chi connectivity index (χ1v) is 5.57. The third kappa shape index (κ3) is 3.13. The van der Waals surface area contributed by atoms with Gasteiger partial charge in [-0.2, -0.15) is 0 Å². The summed E-state index contributed by atoms with van der Waals surface area (Å²) in [6.07, 6.45) is 3.86. The van der Waals surface area contributed by atoms with Crippen molar-refractivity contribution >= 4 is 29.6 Å². The molecule has 2 rings (SSSR count). The predicted molar refractivity (Wildman–Crippen MR) is 62.1 cm³/mol. The van der Waals surface area contributed by atoms with Crippen LogP contribution in [0.25, 0.3) is 0 Å². The minimum atomic E-state index is -0.126. The fourth-order valence-electron chi connectivity index (χ4n) is 1.29. The van der Waals surface area contributed by atoms with Gasteiger partial charge in [-0.05, 0) is 12.8 Å². The van der Waals surface area contributed by atoms with Gasteiger partial charge < -0.3 is 10.6 Å². The average molecular weight is 255 g/mol. The summed E-state index contributed by atoms with van der Waals surface area (Å²) in [6.45, 7) is 0.0602. The number of amides is 1. The Morgan fingerprint density at radius 2 is 2.29 bits per heavy atom. The molecule has 6 nitrogen and oxygen atoms in total. The van der Waals surface area contributed by atoms with Crippen molar-refractivity contribution < 1.29 is 9.59 Å². The smallest absolute Gasteiger partial charge is 0.239 e. The molecule has 1 aliphatic carbocycles. The molecule has 1 aromatic heterocycles. The van der Waals surface area contributed by atoms with Gasteiger partial charge in [0.25, 0.3) is 0 Å². The van der Waals surface area contributed by atoms with Crippen molar-refractivity contribution in [3.05, 3.63) is 17.0 Å². The molecule has 0 unspecified atom stereocenters. The number of carbonyl (C=O) groups is 2. The van der Waals surface area contributed by atoms with Crippen molar-refractivity contribution in [2.45, 2.75) is 18.9 Å². The van der Waals surface area contributed by atoms with Crippen molar-refractivity contribution in [3.8, 4) is 0 Å². The molecule has 1 amide bonds. The Labute approximate surface area is 103 Å². The van der Waals surface area contributed by atoms with E-state index in [1.54, 1.807) is 0 Å². The fourth-order valence-corrected chi connectivity index (χ4v) is 1.47. The van der Waals surface area contributed by atoms with Gasteiger partial charge in [0.15, 0.2) is 6.29 Å². The highest BCUT2D eigenvalue weighted by atomic mass is 35.5. The molecule has 1 heterocycles. The van der Waals surface area contributed by atoms with Gasteiger partial charge in [-0.1, -0.05) is 11.6 Å². The van der Waals surface area contributed by atoms with E-state index in [2.05, 4.69) is 20.6 Å². The zero-order valence-corrected chi connectivity index (χ0v) is 9.70. The molecule has 17 heavy (non-hydrogen) atoms. The molecule has 1 aliphatic rings. The maximum absolute atomic E-state index is 11.4. The lowest BCUT2D eigenvalue weighted by Gasteiger charge is -2.08. The van der Waals surface area contributed by atoms with E-state index in [4.69, 9.17) is 11.6 Å². The molecule has 0 aromatic carbocycles. The van der Waals surface area contributed by atoms with Gasteiger partial charge >= 0.3 is 0 Å². The molecule has 0 atom stereocenters. The molecular formula is C10H11ClN4O2. The number of rotatable bonds is 5. The zero-order chi connectivity index (χ0) is 12.3. The van der Waals surface area contributed by atoms with Crippen molar-refractivity contribution in [3.63, 3.8) is 0 Å². The molecule has 2 N–H and O–H groups in total. The van der Waals surface area contributed by atoms with Gasteiger partial charge in [0.05, 0.1) is 12.1 Å². The van der Waals surface area contributed by atoms with Crippen molar-refractivity contribution in [2.24, 2.45) is 0 Å². The van der Waals surface area contributed by atoms with Crippen LogP contribution in [-0.4, -0.2) is 34.7 Å². The fraction of sp³-hybridized carbons (Fsp3) is 0.400. The summed E-state index contributed by atoms with van der Waals surface area (Å²) in [7, 11) is 0. The van der Waals surface area contributed by atoms with Gasteiger partial charge in [-0.15, -0.1) is 0 Å². The summed E-state index contributed by atoms with van der Waals surface area (Å²) in [5.41, 5.74) is 0.161. The number of halogens is 1. The summed E-state index contributed by atoms with van der Waals surface area (Å²) >= 11 is 5.72. The minimum absolute atomic E-state index is 0.0602. The molecule has 0 radical (unpaired) electrons. The number of carbonyl (C=O) groups excluding carboxylic acids is 2. The lowest BCUT2D eigenvalue weighted by atomic mass is 10.3. The number of aldehydes is 1. The van der Waals surface area contributed by atoms with Crippen LogP contribution in [0.4, 0.5) is 5.82 Å². The van der Waals surface area contributed by atoms with Gasteiger partial charge in [-0.25, -0.2) is 9.97 Å². The lowest BCUT2D eigenvalue weighted by molar-refractivity contribution is -0.119. The molecule has 1 aromatic rings. The summed E-state index contributed by atoms with van der Waals surface area (Å²) in [5.74, 6) is 0.144. The largest absolute Gasteiger partial charge is 0.360 e. The minimum Gasteiger partial charge on any atom is -0.360 e. The number of hydrogen-bond acceptors (Lipinski definition) is 5. The Bertz CT molecular complexity index is 448. The number of nitrogens with one attached hydrogen (secondary N) is 2. The third-order valence-electron chi connectivity index (χ3n) is 2.31. The quantitative estimate of drug-likeness (QED) is 0.595. The Balaban J connectivity index is 1.95. The summed E-state index contributed by atoms with van der Waals surface area (Å²) in [5, 5.41) is 5.64. The second-order valence-corrected chi connectivity index (χ2v) is 4.10. The molecule has 0 spiro atoms. The van der Waals surface area contributed by atoms with E-state index in [1.165, 1.54) is 6.33 Å². The Morgan fingerprint density at radius 3 is 2.94 bits per heavy atom. The first-order chi connectivity index (χ1) is 8.20. The molecule has 0 saturated heterocycles. The van der Waals surface area contributed by atoms with E-state index >= 15 is 0 Å². The van der Waals surface area contributed by atoms with Gasteiger partial charge in [0.1, 0.15) is 17.3 Å². The lowest BCUT2D eigenvalue weighted by Crippen LogP contribution is -2.31. The molecule has 7 heteroatoms. The molecule has 1 fully saturated rings. The molecule has 90 valence electrons. The van der Waals surface area contributed by atoms with Crippen LogP contribution in [0.3, 0.4) is 0 Å². The van der Waals surface area contributed by atoms with Crippen LogP contribution in [0.2, 0.25) is 5.15 Å². The second kappa shape index (κ2) is 5.09. The van der Waals surface area contributed by atoms with E-state index in [0.717, 1.165) is 12.8 Å². The number of hydrogen-bond donors (Lipinski definition) is 2. The second-order valence-electron chi connectivity index (χ2n) is 3.74. The molecular weight excluding hydrogens is 244 g/mol. The monoisotopic (exact) mass is 254 g/mol. The predicted octanol–water partition coefficient (Wildman–Crippen LogP) is 0.633. The third-order valence-corrected chi connectivity index (χ3v) is 2.61. The standard InChI is InChI=1S/C10H11ClN4O2/c11-9-7(4-16)10(14-5-13-9)12-3-8(17)15-6-1-2-6/h4-6H,1-3H2,(H,15,17)(H,12,13,14). The normalized spacial score (nSPS) is 14.2. The van der Waals surface area contributed by atoms with Gasteiger partial charge in [-0.3, -0.25) is 9.59 Å². The Morgan fingerprint density at radius 1 is 1.53 bits per heavy atom. The highest BCUT2D eigenvalue weighted by Crippen LogP contribution is 2.19. The molecule has 0 bridgehead atoms. The van der Waals surface area contributed by atoms with E-state index in [-0.39, 0.29) is 29.0 Å². The van der Waals surface area contributed by atoms with E-state index in [1.807, 2.05) is 0 Å².